The van der Waals surface area contributed by atoms with Gasteiger partial charge in [0.2, 0.25) is 5.91 Å². The predicted molar refractivity (Wildman–Crippen MR) is 103 cm³/mol. The molecule has 0 atom stereocenters. The van der Waals surface area contributed by atoms with Gasteiger partial charge in [-0.15, -0.1) is 0 Å². The van der Waals surface area contributed by atoms with Gasteiger partial charge in [0.1, 0.15) is 11.6 Å². The lowest BCUT2D eigenvalue weighted by atomic mass is 10.2. The van der Waals surface area contributed by atoms with E-state index in [1.807, 2.05) is 30.3 Å². The summed E-state index contributed by atoms with van der Waals surface area (Å²) in [6.45, 7) is 0. The zero-order valence-corrected chi connectivity index (χ0v) is 14.7. The average Bonchev–Trinajstić information content (AvgIpc) is 3.24. The highest BCUT2D eigenvalue weighted by molar-refractivity contribution is 7.98. The van der Waals surface area contributed by atoms with Crippen LogP contribution >= 0.6 is 11.8 Å². The molecule has 1 N–H and O–H groups in total. The molecule has 0 fully saturated rings. The number of aromatic nitrogens is 2. The third kappa shape index (κ3) is 3.41. The molecule has 1 aliphatic rings. The number of amides is 1. The number of anilines is 1. The smallest absolute Gasteiger partial charge is 0.249 e. The van der Waals surface area contributed by atoms with Gasteiger partial charge in [0, 0.05) is 23.1 Å². The van der Waals surface area contributed by atoms with E-state index in [0.717, 1.165) is 28.3 Å². The first-order valence-corrected chi connectivity index (χ1v) is 9.35. The molecule has 0 radical (unpaired) electrons. The number of hydrogen-bond donors (Lipinski definition) is 1. The van der Waals surface area contributed by atoms with Crippen molar-refractivity contribution < 1.29 is 9.18 Å². The molecule has 130 valence electrons. The van der Waals surface area contributed by atoms with Gasteiger partial charge < -0.3 is 5.32 Å². The lowest BCUT2D eigenvalue weighted by Crippen LogP contribution is -2.13. The van der Waals surface area contributed by atoms with Gasteiger partial charge in [-0.25, -0.2) is 9.07 Å². The molecule has 4 nitrogen and oxygen atoms in total. The number of rotatable bonds is 4. The summed E-state index contributed by atoms with van der Waals surface area (Å²) in [7, 11) is 0. The lowest BCUT2D eigenvalue weighted by molar-refractivity contribution is -0.111. The van der Waals surface area contributed by atoms with E-state index in [-0.39, 0.29) is 11.7 Å². The van der Waals surface area contributed by atoms with E-state index in [0.29, 0.717) is 11.5 Å². The van der Waals surface area contributed by atoms with E-state index >= 15 is 0 Å². The lowest BCUT2D eigenvalue weighted by Gasteiger charge is -2.09. The second-order valence-electron chi connectivity index (χ2n) is 5.89. The number of nitrogens with zero attached hydrogens (tertiary/aromatic N) is 2. The van der Waals surface area contributed by atoms with Gasteiger partial charge in [-0.3, -0.25) is 4.79 Å². The highest BCUT2D eigenvalue weighted by Crippen LogP contribution is 2.36. The molecule has 0 saturated heterocycles. The summed E-state index contributed by atoms with van der Waals surface area (Å²) in [4.78, 5) is 12.4. The highest BCUT2D eigenvalue weighted by Gasteiger charge is 2.24. The van der Waals surface area contributed by atoms with Gasteiger partial charge in [-0.05, 0) is 35.9 Å². The van der Waals surface area contributed by atoms with Crippen molar-refractivity contribution in [3.63, 3.8) is 0 Å². The summed E-state index contributed by atoms with van der Waals surface area (Å²) in [5, 5.41) is 7.54. The Hall–Kier alpha value is -2.86. The molecule has 4 rings (SSSR count). The fourth-order valence-electron chi connectivity index (χ4n) is 2.80. The Balaban J connectivity index is 1.62. The maximum atomic E-state index is 13.2. The SMILES string of the molecule is O=C(/C=C/c1ccccc1)Nc1c2c(nn1-c1ccc(F)cc1)CSC2. The Morgan fingerprint density at radius 2 is 1.88 bits per heavy atom. The number of fused-ring (bicyclic) bond motifs is 1. The molecule has 0 bridgehead atoms. The van der Waals surface area contributed by atoms with E-state index < -0.39 is 0 Å². The number of halogens is 1. The molecule has 0 spiro atoms. The van der Waals surface area contributed by atoms with Gasteiger partial charge in [0.25, 0.3) is 0 Å². The van der Waals surface area contributed by atoms with Crippen LogP contribution in [0.5, 0.6) is 0 Å². The number of carbonyl (C=O) groups excluding carboxylic acids is 1. The highest BCUT2D eigenvalue weighted by atomic mass is 32.2. The summed E-state index contributed by atoms with van der Waals surface area (Å²) in [6.07, 6.45) is 3.27. The number of nitrogens with one attached hydrogen (secondary N) is 1. The number of thioether (sulfide) groups is 1. The minimum atomic E-state index is -0.305. The number of hydrogen-bond acceptors (Lipinski definition) is 3. The summed E-state index contributed by atoms with van der Waals surface area (Å²) in [5.41, 5.74) is 3.66. The third-order valence-electron chi connectivity index (χ3n) is 4.09. The Morgan fingerprint density at radius 1 is 1.12 bits per heavy atom. The molecule has 1 aromatic heterocycles. The Bertz CT molecular complexity index is 965. The van der Waals surface area contributed by atoms with Gasteiger partial charge in [-0.2, -0.15) is 16.9 Å². The van der Waals surface area contributed by atoms with E-state index in [1.165, 1.54) is 18.2 Å². The normalized spacial score (nSPS) is 13.1. The summed E-state index contributed by atoms with van der Waals surface area (Å²) < 4.78 is 14.9. The molecule has 2 heterocycles. The van der Waals surface area contributed by atoms with Crippen LogP contribution in [0.25, 0.3) is 11.8 Å². The first-order chi connectivity index (χ1) is 12.7. The van der Waals surface area contributed by atoms with Crippen LogP contribution in [-0.2, 0) is 16.3 Å². The molecule has 6 heteroatoms. The predicted octanol–water partition coefficient (Wildman–Crippen LogP) is 4.41. The molecule has 1 aliphatic heterocycles. The van der Waals surface area contributed by atoms with Crippen LogP contribution < -0.4 is 5.32 Å². The molecule has 1 amide bonds. The van der Waals surface area contributed by atoms with Gasteiger partial charge in [-0.1, -0.05) is 30.3 Å². The zero-order valence-electron chi connectivity index (χ0n) is 13.9. The van der Waals surface area contributed by atoms with Crippen LogP contribution in [0.4, 0.5) is 10.2 Å². The largest absolute Gasteiger partial charge is 0.307 e. The van der Waals surface area contributed by atoms with E-state index in [1.54, 1.807) is 34.7 Å². The Kier molecular flexibility index (Phi) is 4.58. The second kappa shape index (κ2) is 7.17. The van der Waals surface area contributed by atoms with Crippen molar-refractivity contribution in [2.45, 2.75) is 11.5 Å². The van der Waals surface area contributed by atoms with Crippen molar-refractivity contribution in [3.8, 4) is 5.69 Å². The number of carbonyl (C=O) groups is 1. The van der Waals surface area contributed by atoms with Gasteiger partial charge in [0.15, 0.2) is 0 Å². The monoisotopic (exact) mass is 365 g/mol. The molecular formula is C20H16FN3OS. The van der Waals surface area contributed by atoms with Crippen LogP contribution in [0.1, 0.15) is 16.8 Å². The maximum Gasteiger partial charge on any atom is 0.249 e. The third-order valence-corrected chi connectivity index (χ3v) is 5.06. The fraction of sp³-hybridized carbons (Fsp3) is 0.100. The van der Waals surface area contributed by atoms with Crippen molar-refractivity contribution >= 4 is 29.6 Å². The van der Waals surface area contributed by atoms with Crippen LogP contribution in [0.15, 0.2) is 60.7 Å². The molecule has 0 saturated carbocycles. The molecule has 0 unspecified atom stereocenters. The molecule has 26 heavy (non-hydrogen) atoms. The van der Waals surface area contributed by atoms with Crippen LogP contribution in [0, 0.1) is 5.82 Å². The maximum absolute atomic E-state index is 13.2. The Labute approximate surface area is 154 Å². The van der Waals surface area contributed by atoms with Gasteiger partial charge in [0.05, 0.1) is 11.4 Å². The van der Waals surface area contributed by atoms with E-state index in [9.17, 15) is 9.18 Å². The van der Waals surface area contributed by atoms with Crippen molar-refractivity contribution in [3.05, 3.63) is 83.3 Å². The summed E-state index contributed by atoms with van der Waals surface area (Å²) in [6, 6.07) is 15.7. The summed E-state index contributed by atoms with van der Waals surface area (Å²) in [5.74, 6) is 1.73. The van der Waals surface area contributed by atoms with Crippen molar-refractivity contribution in [1.82, 2.24) is 9.78 Å². The topological polar surface area (TPSA) is 46.9 Å². The second-order valence-corrected chi connectivity index (χ2v) is 6.87. The zero-order chi connectivity index (χ0) is 17.9. The fourth-order valence-corrected chi connectivity index (χ4v) is 3.84. The minimum absolute atomic E-state index is 0.225. The minimum Gasteiger partial charge on any atom is -0.307 e. The first-order valence-electron chi connectivity index (χ1n) is 8.19. The van der Waals surface area contributed by atoms with E-state index in [2.05, 4.69) is 10.4 Å². The van der Waals surface area contributed by atoms with Crippen LogP contribution in [-0.4, -0.2) is 15.7 Å². The standard InChI is InChI=1S/C20H16FN3OS/c21-15-7-9-16(10-8-15)24-20(17-12-26-13-18(17)23-24)22-19(25)11-6-14-4-2-1-3-5-14/h1-11H,12-13H2,(H,22,25)/b11-6+. The van der Waals surface area contributed by atoms with Crippen LogP contribution in [0.3, 0.4) is 0 Å². The average molecular weight is 365 g/mol. The van der Waals surface area contributed by atoms with Gasteiger partial charge >= 0.3 is 0 Å². The quantitative estimate of drug-likeness (QED) is 0.697. The van der Waals surface area contributed by atoms with Crippen molar-refractivity contribution in [2.24, 2.45) is 0 Å². The molecule has 0 aliphatic carbocycles. The molecular weight excluding hydrogens is 349 g/mol. The van der Waals surface area contributed by atoms with Crippen molar-refractivity contribution in [2.75, 3.05) is 5.32 Å². The number of benzene rings is 2. The van der Waals surface area contributed by atoms with Crippen molar-refractivity contribution in [1.29, 1.82) is 0 Å². The molecule has 2 aromatic carbocycles. The van der Waals surface area contributed by atoms with E-state index in [4.69, 9.17) is 0 Å². The Morgan fingerprint density at radius 3 is 2.65 bits per heavy atom. The van der Waals surface area contributed by atoms with Crippen LogP contribution in [0.2, 0.25) is 0 Å². The summed E-state index contributed by atoms with van der Waals surface area (Å²) >= 11 is 1.76. The first kappa shape index (κ1) is 16.6. The molecule has 3 aromatic rings.